The maximum atomic E-state index is 3.46. The first-order valence-electron chi connectivity index (χ1n) is 5.97. The molecule has 1 N–H and O–H groups in total. The van der Waals surface area contributed by atoms with Gasteiger partial charge in [0.05, 0.1) is 5.52 Å². The van der Waals surface area contributed by atoms with E-state index in [1.807, 2.05) is 0 Å². The molecule has 0 radical (unpaired) electrons. The minimum Gasteiger partial charge on any atom is -0.346 e. The summed E-state index contributed by atoms with van der Waals surface area (Å²) in [5, 5.41) is 4.96. The Morgan fingerprint density at radius 1 is 1.19 bits per heavy atom. The summed E-state index contributed by atoms with van der Waals surface area (Å²) >= 11 is 0. The SMILES string of the molecule is Cc1ccc(C)c2c1c1c(n2C)CNCC1. The molecule has 0 unspecified atom stereocenters. The van der Waals surface area contributed by atoms with Crippen LogP contribution in [-0.2, 0) is 20.0 Å². The first-order chi connectivity index (χ1) is 7.70. The van der Waals surface area contributed by atoms with E-state index in [9.17, 15) is 0 Å². The summed E-state index contributed by atoms with van der Waals surface area (Å²) in [5.74, 6) is 0. The van der Waals surface area contributed by atoms with Crippen LogP contribution in [0, 0.1) is 13.8 Å². The number of nitrogens with one attached hydrogen (secondary N) is 1. The van der Waals surface area contributed by atoms with Crippen LogP contribution in [0.2, 0.25) is 0 Å². The first kappa shape index (κ1) is 9.91. The lowest BCUT2D eigenvalue weighted by atomic mass is 9.99. The first-order valence-corrected chi connectivity index (χ1v) is 5.97. The Hall–Kier alpha value is -1.28. The Balaban J connectivity index is 2.48. The molecule has 2 heteroatoms. The van der Waals surface area contributed by atoms with Crippen LogP contribution >= 0.6 is 0 Å². The molecule has 1 aromatic carbocycles. The van der Waals surface area contributed by atoms with Gasteiger partial charge in [-0.2, -0.15) is 0 Å². The Morgan fingerprint density at radius 3 is 2.75 bits per heavy atom. The minimum atomic E-state index is 1.01. The van der Waals surface area contributed by atoms with Gasteiger partial charge >= 0.3 is 0 Å². The molecule has 0 saturated carbocycles. The third kappa shape index (κ3) is 1.17. The molecular formula is C14H18N2. The summed E-state index contributed by atoms with van der Waals surface area (Å²) in [6, 6.07) is 4.48. The molecule has 0 spiro atoms. The largest absolute Gasteiger partial charge is 0.346 e. The van der Waals surface area contributed by atoms with E-state index in [-0.39, 0.29) is 0 Å². The molecule has 0 aliphatic carbocycles. The second-order valence-corrected chi connectivity index (χ2v) is 4.83. The number of rotatable bonds is 0. The highest BCUT2D eigenvalue weighted by Gasteiger charge is 2.19. The number of aromatic nitrogens is 1. The number of hydrogen-bond acceptors (Lipinski definition) is 1. The third-order valence-corrected chi connectivity index (χ3v) is 3.82. The molecule has 2 nitrogen and oxygen atoms in total. The van der Waals surface area contributed by atoms with Crippen LogP contribution in [-0.4, -0.2) is 11.1 Å². The molecule has 84 valence electrons. The quantitative estimate of drug-likeness (QED) is 0.712. The highest BCUT2D eigenvalue weighted by atomic mass is 15.0. The third-order valence-electron chi connectivity index (χ3n) is 3.82. The van der Waals surface area contributed by atoms with E-state index in [4.69, 9.17) is 0 Å². The van der Waals surface area contributed by atoms with Crippen LogP contribution in [0.3, 0.4) is 0 Å². The molecule has 2 heterocycles. The lowest BCUT2D eigenvalue weighted by molar-refractivity contribution is 0.614. The lowest BCUT2D eigenvalue weighted by Gasteiger charge is -2.14. The zero-order valence-electron chi connectivity index (χ0n) is 10.2. The number of nitrogens with zero attached hydrogens (tertiary/aromatic N) is 1. The number of benzene rings is 1. The Morgan fingerprint density at radius 2 is 1.94 bits per heavy atom. The van der Waals surface area contributed by atoms with Gasteiger partial charge in [0.25, 0.3) is 0 Å². The van der Waals surface area contributed by atoms with Crippen molar-refractivity contribution in [2.45, 2.75) is 26.8 Å². The Kier molecular flexibility index (Phi) is 2.08. The van der Waals surface area contributed by atoms with Crippen LogP contribution < -0.4 is 5.32 Å². The predicted molar refractivity (Wildman–Crippen MR) is 67.8 cm³/mol. The van der Waals surface area contributed by atoms with Crippen LogP contribution in [0.25, 0.3) is 10.9 Å². The second-order valence-electron chi connectivity index (χ2n) is 4.83. The summed E-state index contributed by atoms with van der Waals surface area (Å²) in [7, 11) is 2.20. The molecule has 0 saturated heterocycles. The molecule has 16 heavy (non-hydrogen) atoms. The molecule has 0 atom stereocenters. The molecule has 3 rings (SSSR count). The highest BCUT2D eigenvalue weighted by Crippen LogP contribution is 2.32. The van der Waals surface area contributed by atoms with Gasteiger partial charge in [-0.3, -0.25) is 0 Å². The fraction of sp³-hybridized carbons (Fsp3) is 0.429. The Bertz CT molecular complexity index is 564. The smallest absolute Gasteiger partial charge is 0.0515 e. The summed E-state index contributed by atoms with van der Waals surface area (Å²) < 4.78 is 2.37. The van der Waals surface area contributed by atoms with Crippen molar-refractivity contribution in [3.63, 3.8) is 0 Å². The van der Waals surface area contributed by atoms with Gasteiger partial charge in [0.15, 0.2) is 0 Å². The normalized spacial score (nSPS) is 15.4. The van der Waals surface area contributed by atoms with Crippen molar-refractivity contribution in [1.82, 2.24) is 9.88 Å². The van der Waals surface area contributed by atoms with Gasteiger partial charge in [-0.1, -0.05) is 12.1 Å². The van der Waals surface area contributed by atoms with Crippen LogP contribution in [0.4, 0.5) is 0 Å². The fourth-order valence-electron chi connectivity index (χ4n) is 3.01. The molecule has 0 bridgehead atoms. The zero-order chi connectivity index (χ0) is 11.3. The number of hydrogen-bond donors (Lipinski definition) is 1. The number of fused-ring (bicyclic) bond motifs is 3. The van der Waals surface area contributed by atoms with Crippen molar-refractivity contribution in [1.29, 1.82) is 0 Å². The average molecular weight is 214 g/mol. The van der Waals surface area contributed by atoms with Crippen LogP contribution in [0.5, 0.6) is 0 Å². The van der Waals surface area contributed by atoms with Crippen molar-refractivity contribution in [2.75, 3.05) is 6.54 Å². The van der Waals surface area contributed by atoms with E-state index < -0.39 is 0 Å². The average Bonchev–Trinajstić information content (AvgIpc) is 2.60. The molecule has 1 aliphatic heterocycles. The lowest BCUT2D eigenvalue weighted by Crippen LogP contribution is -2.24. The van der Waals surface area contributed by atoms with Gasteiger partial charge in [0.1, 0.15) is 0 Å². The molecule has 2 aromatic rings. The topological polar surface area (TPSA) is 17.0 Å². The summed E-state index contributed by atoms with van der Waals surface area (Å²) in [6.45, 7) is 6.56. The van der Waals surface area contributed by atoms with E-state index >= 15 is 0 Å². The summed E-state index contributed by atoms with van der Waals surface area (Å²) in [6.07, 6.45) is 1.16. The Labute approximate surface area is 96.3 Å². The minimum absolute atomic E-state index is 1.01. The van der Waals surface area contributed by atoms with E-state index in [0.717, 1.165) is 19.5 Å². The maximum absolute atomic E-state index is 3.46. The number of aryl methyl sites for hydroxylation is 3. The highest BCUT2D eigenvalue weighted by molar-refractivity contribution is 5.91. The van der Waals surface area contributed by atoms with Gasteiger partial charge in [-0.15, -0.1) is 0 Å². The molecule has 0 fully saturated rings. The fourth-order valence-corrected chi connectivity index (χ4v) is 3.01. The van der Waals surface area contributed by atoms with Gasteiger partial charge in [-0.25, -0.2) is 0 Å². The summed E-state index contributed by atoms with van der Waals surface area (Å²) in [5.41, 5.74) is 7.27. The van der Waals surface area contributed by atoms with Crippen molar-refractivity contribution in [3.8, 4) is 0 Å². The van der Waals surface area contributed by atoms with Gasteiger partial charge < -0.3 is 9.88 Å². The molecular weight excluding hydrogens is 196 g/mol. The van der Waals surface area contributed by atoms with Crippen molar-refractivity contribution >= 4 is 10.9 Å². The van der Waals surface area contributed by atoms with Gasteiger partial charge in [0, 0.05) is 24.7 Å². The monoisotopic (exact) mass is 214 g/mol. The maximum Gasteiger partial charge on any atom is 0.0515 e. The zero-order valence-corrected chi connectivity index (χ0v) is 10.2. The van der Waals surface area contributed by atoms with Gasteiger partial charge in [-0.05, 0) is 43.5 Å². The predicted octanol–water partition coefficient (Wildman–Crippen LogP) is 2.44. The second kappa shape index (κ2) is 3.36. The van der Waals surface area contributed by atoms with E-state index in [0.29, 0.717) is 0 Å². The summed E-state index contributed by atoms with van der Waals surface area (Å²) in [4.78, 5) is 0. The van der Waals surface area contributed by atoms with E-state index in [1.54, 1.807) is 5.56 Å². The standard InChI is InChI=1S/C14H18N2/c1-9-4-5-10(2)14-13(9)11-6-7-15-8-12(11)16(14)3/h4-5,15H,6-8H2,1-3H3. The van der Waals surface area contributed by atoms with Crippen LogP contribution in [0.1, 0.15) is 22.4 Å². The molecule has 0 amide bonds. The van der Waals surface area contributed by atoms with E-state index in [2.05, 4.69) is 42.9 Å². The van der Waals surface area contributed by atoms with Crippen molar-refractivity contribution < 1.29 is 0 Å². The van der Waals surface area contributed by atoms with Crippen molar-refractivity contribution in [3.05, 3.63) is 34.5 Å². The van der Waals surface area contributed by atoms with Crippen molar-refractivity contribution in [2.24, 2.45) is 7.05 Å². The van der Waals surface area contributed by atoms with Crippen LogP contribution in [0.15, 0.2) is 12.1 Å². The molecule has 1 aromatic heterocycles. The van der Waals surface area contributed by atoms with E-state index in [1.165, 1.54) is 27.7 Å². The molecule has 1 aliphatic rings. The van der Waals surface area contributed by atoms with Gasteiger partial charge in [0.2, 0.25) is 0 Å².